The van der Waals surface area contributed by atoms with E-state index in [1.54, 1.807) is 12.1 Å². The summed E-state index contributed by atoms with van der Waals surface area (Å²) in [5.41, 5.74) is 1.37. The van der Waals surface area contributed by atoms with Gasteiger partial charge in [-0.05, 0) is 24.6 Å². The summed E-state index contributed by atoms with van der Waals surface area (Å²) in [6.07, 6.45) is 0.934. The topological polar surface area (TPSA) is 67.2 Å². The van der Waals surface area contributed by atoms with Gasteiger partial charge in [-0.1, -0.05) is 11.6 Å². The Kier molecular flexibility index (Phi) is 3.05. The van der Waals surface area contributed by atoms with E-state index in [0.29, 0.717) is 29.0 Å². The second-order valence-corrected chi connectivity index (χ2v) is 5.31. The van der Waals surface area contributed by atoms with Crippen molar-refractivity contribution in [3.05, 3.63) is 39.4 Å². The van der Waals surface area contributed by atoms with Gasteiger partial charge < -0.3 is 10.4 Å². The van der Waals surface area contributed by atoms with Crippen LogP contribution in [-0.4, -0.2) is 33.9 Å². The third-order valence-electron chi connectivity index (χ3n) is 3.55. The molecule has 1 aromatic heterocycles. The Morgan fingerprint density at radius 3 is 2.95 bits per heavy atom. The average molecular weight is 280 g/mol. The normalized spacial score (nSPS) is 23.1. The third-order valence-corrected chi connectivity index (χ3v) is 3.77. The number of benzene rings is 1. The molecule has 2 heterocycles. The van der Waals surface area contributed by atoms with Gasteiger partial charge in [0.1, 0.15) is 0 Å². The van der Waals surface area contributed by atoms with Crippen LogP contribution in [0.3, 0.4) is 0 Å². The average Bonchev–Trinajstić information content (AvgIpc) is 2.77. The van der Waals surface area contributed by atoms with Crippen molar-refractivity contribution in [1.82, 2.24) is 14.9 Å². The number of aliphatic hydroxyl groups is 1. The van der Waals surface area contributed by atoms with Gasteiger partial charge in [-0.3, -0.25) is 9.36 Å². The van der Waals surface area contributed by atoms with Gasteiger partial charge in [0.15, 0.2) is 0 Å². The summed E-state index contributed by atoms with van der Waals surface area (Å²) in [5.74, 6) is 0. The highest BCUT2D eigenvalue weighted by atomic mass is 35.5. The Bertz CT molecular complexity index is 698. The van der Waals surface area contributed by atoms with Crippen LogP contribution in [-0.2, 0) is 0 Å². The van der Waals surface area contributed by atoms with Gasteiger partial charge in [-0.2, -0.15) is 0 Å². The molecule has 5 nitrogen and oxygen atoms in total. The minimum Gasteiger partial charge on any atom is -0.390 e. The van der Waals surface area contributed by atoms with Crippen LogP contribution in [0.5, 0.6) is 0 Å². The zero-order valence-corrected chi connectivity index (χ0v) is 11.2. The van der Waals surface area contributed by atoms with E-state index < -0.39 is 6.10 Å². The molecular formula is C13H14ClN3O2. The molecule has 1 saturated heterocycles. The second kappa shape index (κ2) is 4.59. The summed E-state index contributed by atoms with van der Waals surface area (Å²) in [6.45, 7) is 2.93. The Hall–Kier alpha value is -1.43. The van der Waals surface area contributed by atoms with Crippen molar-refractivity contribution in [2.75, 3.05) is 13.1 Å². The van der Waals surface area contributed by atoms with Crippen LogP contribution in [0.1, 0.15) is 11.6 Å². The van der Waals surface area contributed by atoms with E-state index in [-0.39, 0.29) is 11.6 Å². The highest BCUT2D eigenvalue weighted by Gasteiger charge is 2.27. The fraction of sp³-hybridized carbons (Fsp3) is 0.385. The molecule has 3 rings (SSSR count). The monoisotopic (exact) mass is 279 g/mol. The number of fused-ring (bicyclic) bond motifs is 1. The first-order valence-electron chi connectivity index (χ1n) is 6.13. The molecule has 2 atom stereocenters. The van der Waals surface area contributed by atoms with Crippen LogP contribution >= 0.6 is 11.6 Å². The van der Waals surface area contributed by atoms with E-state index in [1.165, 1.54) is 10.9 Å². The molecule has 6 heteroatoms. The number of β-amino-alcohol motifs (C(OH)–C–C–N with tert-alkyl or cyclic N) is 1. The van der Waals surface area contributed by atoms with Crippen molar-refractivity contribution >= 4 is 22.5 Å². The lowest BCUT2D eigenvalue weighted by molar-refractivity contribution is 0.149. The second-order valence-electron chi connectivity index (χ2n) is 4.87. The third kappa shape index (κ3) is 2.04. The summed E-state index contributed by atoms with van der Waals surface area (Å²) in [5, 5.41) is 13.9. The molecule has 1 aliphatic heterocycles. The SMILES string of the molecule is Cc1cc(Cl)cc2c(=O)n([C@@H]3CNC[C@H]3O)cnc12. The van der Waals surface area contributed by atoms with Crippen LogP contribution in [0.25, 0.3) is 10.9 Å². The minimum atomic E-state index is -0.572. The number of aromatic nitrogens is 2. The predicted octanol–water partition coefficient (Wildman–Crippen LogP) is 0.864. The maximum absolute atomic E-state index is 12.5. The fourth-order valence-electron chi connectivity index (χ4n) is 2.55. The first-order valence-corrected chi connectivity index (χ1v) is 6.51. The zero-order chi connectivity index (χ0) is 13.6. The van der Waals surface area contributed by atoms with E-state index in [9.17, 15) is 9.90 Å². The molecule has 0 saturated carbocycles. The molecule has 1 aliphatic rings. The lowest BCUT2D eigenvalue weighted by Gasteiger charge is -2.17. The largest absolute Gasteiger partial charge is 0.390 e. The maximum Gasteiger partial charge on any atom is 0.261 e. The number of aliphatic hydroxyl groups excluding tert-OH is 1. The van der Waals surface area contributed by atoms with Crippen molar-refractivity contribution in [2.45, 2.75) is 19.1 Å². The zero-order valence-electron chi connectivity index (χ0n) is 10.4. The summed E-state index contributed by atoms with van der Waals surface area (Å²) >= 11 is 6.00. The fourth-order valence-corrected chi connectivity index (χ4v) is 2.83. The van der Waals surface area contributed by atoms with Crippen molar-refractivity contribution in [3.63, 3.8) is 0 Å². The number of hydrogen-bond acceptors (Lipinski definition) is 4. The van der Waals surface area contributed by atoms with Crippen LogP contribution in [0.4, 0.5) is 0 Å². The van der Waals surface area contributed by atoms with Gasteiger partial charge in [0, 0.05) is 18.1 Å². The van der Waals surface area contributed by atoms with E-state index in [4.69, 9.17) is 11.6 Å². The van der Waals surface area contributed by atoms with Crippen LogP contribution in [0.2, 0.25) is 5.02 Å². The molecule has 2 N–H and O–H groups in total. The minimum absolute atomic E-state index is 0.164. The summed E-state index contributed by atoms with van der Waals surface area (Å²) in [4.78, 5) is 16.8. The summed E-state index contributed by atoms with van der Waals surface area (Å²) < 4.78 is 1.49. The number of nitrogens with zero attached hydrogens (tertiary/aromatic N) is 2. The first kappa shape index (κ1) is 12.6. The van der Waals surface area contributed by atoms with Crippen molar-refractivity contribution in [2.24, 2.45) is 0 Å². The maximum atomic E-state index is 12.5. The van der Waals surface area contributed by atoms with Gasteiger partial charge in [0.2, 0.25) is 0 Å². The molecule has 100 valence electrons. The smallest absolute Gasteiger partial charge is 0.261 e. The molecule has 0 unspecified atom stereocenters. The van der Waals surface area contributed by atoms with Crippen LogP contribution in [0, 0.1) is 6.92 Å². The van der Waals surface area contributed by atoms with Crippen molar-refractivity contribution in [1.29, 1.82) is 0 Å². The molecular weight excluding hydrogens is 266 g/mol. The van der Waals surface area contributed by atoms with Gasteiger partial charge in [-0.25, -0.2) is 4.98 Å². The summed E-state index contributed by atoms with van der Waals surface area (Å²) in [6, 6.07) is 3.14. The standard InChI is InChI=1S/C13H14ClN3O2/c1-7-2-8(14)3-9-12(7)16-6-17(13(9)19)10-4-15-5-11(10)18/h2-3,6,10-11,15,18H,4-5H2,1H3/t10-,11-/m1/s1. The number of nitrogens with one attached hydrogen (secondary N) is 1. The van der Waals surface area contributed by atoms with Gasteiger partial charge in [-0.15, -0.1) is 0 Å². The lowest BCUT2D eigenvalue weighted by Crippen LogP contribution is -2.32. The molecule has 1 aromatic carbocycles. The van der Waals surface area contributed by atoms with Gasteiger partial charge in [0.25, 0.3) is 5.56 Å². The Morgan fingerprint density at radius 1 is 1.47 bits per heavy atom. The van der Waals surface area contributed by atoms with E-state index in [2.05, 4.69) is 10.3 Å². The number of aryl methyl sites for hydroxylation is 1. The van der Waals surface area contributed by atoms with Crippen molar-refractivity contribution in [3.8, 4) is 0 Å². The highest BCUT2D eigenvalue weighted by Crippen LogP contribution is 2.20. The molecule has 2 aromatic rings. The molecule has 0 bridgehead atoms. The van der Waals surface area contributed by atoms with Crippen molar-refractivity contribution < 1.29 is 5.11 Å². The molecule has 1 fully saturated rings. The quantitative estimate of drug-likeness (QED) is 0.813. The molecule has 0 radical (unpaired) electrons. The Balaban J connectivity index is 2.23. The Morgan fingerprint density at radius 2 is 2.26 bits per heavy atom. The highest BCUT2D eigenvalue weighted by molar-refractivity contribution is 6.31. The number of halogens is 1. The molecule has 0 aliphatic carbocycles. The van der Waals surface area contributed by atoms with Crippen LogP contribution in [0.15, 0.2) is 23.3 Å². The first-order chi connectivity index (χ1) is 9.08. The van der Waals surface area contributed by atoms with E-state index in [1.807, 2.05) is 6.92 Å². The van der Waals surface area contributed by atoms with Gasteiger partial charge in [0.05, 0.1) is 29.4 Å². The lowest BCUT2D eigenvalue weighted by atomic mass is 10.1. The molecule has 19 heavy (non-hydrogen) atoms. The van der Waals surface area contributed by atoms with E-state index >= 15 is 0 Å². The van der Waals surface area contributed by atoms with Crippen LogP contribution < -0.4 is 10.9 Å². The summed E-state index contributed by atoms with van der Waals surface area (Å²) in [7, 11) is 0. The number of hydrogen-bond donors (Lipinski definition) is 2. The Labute approximate surface area is 114 Å². The molecule has 0 spiro atoms. The molecule has 0 amide bonds. The number of rotatable bonds is 1. The van der Waals surface area contributed by atoms with Gasteiger partial charge >= 0.3 is 0 Å². The predicted molar refractivity (Wildman–Crippen MR) is 73.7 cm³/mol. The van der Waals surface area contributed by atoms with E-state index in [0.717, 1.165) is 5.56 Å².